The largest absolute Gasteiger partial charge is 0.454 e. The average Bonchev–Trinajstić information content (AvgIpc) is 2.95. The van der Waals surface area contributed by atoms with E-state index in [0.29, 0.717) is 19.0 Å². The Morgan fingerprint density at radius 1 is 1.22 bits per heavy atom. The van der Waals surface area contributed by atoms with E-state index >= 15 is 0 Å². The Morgan fingerprint density at radius 2 is 2.00 bits per heavy atom. The average molecular weight is 385 g/mol. The molecule has 2 aliphatic heterocycles. The van der Waals surface area contributed by atoms with E-state index in [0.717, 1.165) is 55.1 Å². The first kappa shape index (κ1) is 17.0. The highest BCUT2D eigenvalue weighted by molar-refractivity contribution is 9.10. The van der Waals surface area contributed by atoms with Crippen LogP contribution < -0.4 is 14.8 Å². The summed E-state index contributed by atoms with van der Waals surface area (Å²) in [5.74, 6) is 1.64. The number of halogens is 1. The van der Waals surface area contributed by atoms with Crippen molar-refractivity contribution >= 4 is 15.9 Å². The minimum Gasteiger partial charge on any atom is -0.454 e. The molecule has 1 aromatic carbocycles. The molecule has 1 aromatic rings. The molecule has 1 N–H and O–H groups in total. The summed E-state index contributed by atoms with van der Waals surface area (Å²) in [7, 11) is 0. The normalized spacial score (nSPS) is 24.1. The van der Waals surface area contributed by atoms with Crippen LogP contribution in [-0.4, -0.2) is 50.1 Å². The summed E-state index contributed by atoms with van der Waals surface area (Å²) in [5.41, 5.74) is 1.20. The van der Waals surface area contributed by atoms with Crippen LogP contribution in [0.25, 0.3) is 0 Å². The summed E-state index contributed by atoms with van der Waals surface area (Å²) in [4.78, 5) is 2.50. The van der Waals surface area contributed by atoms with Crippen LogP contribution in [0.5, 0.6) is 11.5 Å². The van der Waals surface area contributed by atoms with Gasteiger partial charge >= 0.3 is 0 Å². The molecule has 0 spiro atoms. The Hall–Kier alpha value is -0.820. The fourth-order valence-electron chi connectivity index (χ4n) is 3.25. The summed E-state index contributed by atoms with van der Waals surface area (Å²) in [6, 6.07) is 4.14. The van der Waals surface area contributed by atoms with Crippen LogP contribution in [0.3, 0.4) is 0 Å². The van der Waals surface area contributed by atoms with Gasteiger partial charge in [0.05, 0.1) is 16.7 Å². The topological polar surface area (TPSA) is 43.0 Å². The van der Waals surface area contributed by atoms with Crippen LogP contribution in [0.15, 0.2) is 16.6 Å². The highest BCUT2D eigenvalue weighted by Gasteiger charge is 2.21. The van der Waals surface area contributed by atoms with Gasteiger partial charge in [0.2, 0.25) is 6.79 Å². The second-order valence-electron chi connectivity index (χ2n) is 6.36. The molecule has 128 valence electrons. The molecule has 0 radical (unpaired) electrons. The van der Waals surface area contributed by atoms with E-state index in [1.54, 1.807) is 0 Å². The Bertz CT molecular complexity index is 531. The lowest BCUT2D eigenvalue weighted by molar-refractivity contribution is -0.0680. The predicted molar refractivity (Wildman–Crippen MR) is 93.0 cm³/mol. The zero-order chi connectivity index (χ0) is 16.2. The standard InChI is InChI=1S/C17H25BrN2O3/c1-12-9-20(10-13(2)23-12)5-3-4-19-8-14-6-15(18)17-16(7-14)21-11-22-17/h6-7,12-13,19H,3-5,8-11H2,1-2H3/t12-,13-/m1/s1. The minimum absolute atomic E-state index is 0.307. The number of hydrogen-bond acceptors (Lipinski definition) is 5. The van der Waals surface area contributed by atoms with E-state index in [1.165, 1.54) is 5.56 Å². The third kappa shape index (κ3) is 4.59. The van der Waals surface area contributed by atoms with Gasteiger partial charge < -0.3 is 19.5 Å². The number of morpholine rings is 1. The highest BCUT2D eigenvalue weighted by Crippen LogP contribution is 2.39. The van der Waals surface area contributed by atoms with Crippen molar-refractivity contribution < 1.29 is 14.2 Å². The molecule has 1 saturated heterocycles. The van der Waals surface area contributed by atoms with Gasteiger partial charge in [-0.15, -0.1) is 0 Å². The first-order valence-electron chi connectivity index (χ1n) is 8.28. The molecule has 0 aliphatic carbocycles. The lowest BCUT2D eigenvalue weighted by atomic mass is 10.2. The second kappa shape index (κ2) is 7.83. The van der Waals surface area contributed by atoms with Crippen molar-refractivity contribution in [3.05, 3.63) is 22.2 Å². The van der Waals surface area contributed by atoms with Crippen molar-refractivity contribution in [2.24, 2.45) is 0 Å². The van der Waals surface area contributed by atoms with Crippen molar-refractivity contribution in [2.45, 2.75) is 39.0 Å². The van der Waals surface area contributed by atoms with E-state index in [9.17, 15) is 0 Å². The van der Waals surface area contributed by atoms with Gasteiger partial charge in [0.1, 0.15) is 0 Å². The van der Waals surface area contributed by atoms with E-state index in [4.69, 9.17) is 14.2 Å². The maximum Gasteiger partial charge on any atom is 0.231 e. The first-order chi connectivity index (χ1) is 11.1. The van der Waals surface area contributed by atoms with Crippen molar-refractivity contribution in [1.82, 2.24) is 10.2 Å². The van der Waals surface area contributed by atoms with Gasteiger partial charge in [-0.3, -0.25) is 4.90 Å². The smallest absolute Gasteiger partial charge is 0.231 e. The fraction of sp³-hybridized carbons (Fsp3) is 0.647. The molecule has 0 bridgehead atoms. The molecule has 2 aliphatic rings. The fourth-order valence-corrected chi connectivity index (χ4v) is 3.85. The number of benzene rings is 1. The van der Waals surface area contributed by atoms with Crippen molar-refractivity contribution in [1.29, 1.82) is 0 Å². The SMILES string of the molecule is C[C@@H]1CN(CCCNCc2cc(Br)c3c(c2)OCO3)C[C@@H](C)O1. The van der Waals surface area contributed by atoms with Crippen LogP contribution in [0.4, 0.5) is 0 Å². The van der Waals surface area contributed by atoms with Crippen LogP contribution in [0, 0.1) is 0 Å². The van der Waals surface area contributed by atoms with E-state index in [-0.39, 0.29) is 0 Å². The monoisotopic (exact) mass is 384 g/mol. The van der Waals surface area contributed by atoms with Crippen molar-refractivity contribution in [2.75, 3.05) is 33.0 Å². The zero-order valence-corrected chi connectivity index (χ0v) is 15.4. The third-order valence-corrected chi connectivity index (χ3v) is 4.73. The molecule has 23 heavy (non-hydrogen) atoms. The number of rotatable bonds is 6. The molecule has 3 rings (SSSR count). The molecule has 0 aromatic heterocycles. The molecule has 2 heterocycles. The molecular formula is C17H25BrN2O3. The summed E-state index contributed by atoms with van der Waals surface area (Å²) >= 11 is 3.53. The highest BCUT2D eigenvalue weighted by atomic mass is 79.9. The van der Waals surface area contributed by atoms with Gasteiger partial charge in [0.25, 0.3) is 0 Å². The van der Waals surface area contributed by atoms with Crippen LogP contribution in [-0.2, 0) is 11.3 Å². The number of nitrogens with one attached hydrogen (secondary N) is 1. The summed E-state index contributed by atoms with van der Waals surface area (Å²) in [5, 5.41) is 3.51. The molecule has 0 unspecified atom stereocenters. The van der Waals surface area contributed by atoms with Crippen molar-refractivity contribution in [3.63, 3.8) is 0 Å². The lowest BCUT2D eigenvalue weighted by Gasteiger charge is -2.35. The quantitative estimate of drug-likeness (QED) is 0.763. The van der Waals surface area contributed by atoms with E-state index in [1.807, 2.05) is 6.07 Å². The number of fused-ring (bicyclic) bond motifs is 1. The molecule has 6 heteroatoms. The number of nitrogens with zero attached hydrogens (tertiary/aromatic N) is 1. The first-order valence-corrected chi connectivity index (χ1v) is 9.07. The molecule has 2 atom stereocenters. The van der Waals surface area contributed by atoms with Crippen molar-refractivity contribution in [3.8, 4) is 11.5 Å². The van der Waals surface area contributed by atoms with Crippen LogP contribution in [0.1, 0.15) is 25.8 Å². The van der Waals surface area contributed by atoms with Gasteiger partial charge in [-0.25, -0.2) is 0 Å². The van der Waals surface area contributed by atoms with Crippen LogP contribution >= 0.6 is 15.9 Å². The predicted octanol–water partition coefficient (Wildman–Crippen LogP) is 2.77. The maximum absolute atomic E-state index is 5.77. The Labute approximate surface area is 146 Å². The number of ether oxygens (including phenoxy) is 3. The van der Waals surface area contributed by atoms with E-state index in [2.05, 4.69) is 46.1 Å². The summed E-state index contributed by atoms with van der Waals surface area (Å²) in [6.07, 6.45) is 1.83. The molecule has 0 amide bonds. The lowest BCUT2D eigenvalue weighted by Crippen LogP contribution is -2.46. The van der Waals surface area contributed by atoms with E-state index < -0.39 is 0 Å². The van der Waals surface area contributed by atoms with Gasteiger partial charge in [-0.2, -0.15) is 0 Å². The summed E-state index contributed by atoms with van der Waals surface area (Å²) in [6.45, 7) is 9.66. The third-order valence-electron chi connectivity index (χ3n) is 4.14. The van der Waals surface area contributed by atoms with Crippen LogP contribution in [0.2, 0.25) is 0 Å². The molecule has 5 nitrogen and oxygen atoms in total. The Morgan fingerprint density at radius 3 is 2.78 bits per heavy atom. The Balaban J connectivity index is 1.38. The molecular weight excluding hydrogens is 360 g/mol. The zero-order valence-electron chi connectivity index (χ0n) is 13.8. The maximum atomic E-state index is 5.77. The minimum atomic E-state index is 0.307. The van der Waals surface area contributed by atoms with Gasteiger partial charge in [0, 0.05) is 19.6 Å². The Kier molecular flexibility index (Phi) is 5.80. The van der Waals surface area contributed by atoms with Gasteiger partial charge in [-0.1, -0.05) is 0 Å². The molecule has 0 saturated carbocycles. The molecule has 1 fully saturated rings. The summed E-state index contributed by atoms with van der Waals surface area (Å²) < 4.78 is 17.6. The second-order valence-corrected chi connectivity index (χ2v) is 7.21. The van der Waals surface area contributed by atoms with Gasteiger partial charge in [0.15, 0.2) is 11.5 Å². The number of hydrogen-bond donors (Lipinski definition) is 1. The van der Waals surface area contributed by atoms with Gasteiger partial charge in [-0.05, 0) is 67.0 Å².